The van der Waals surface area contributed by atoms with E-state index >= 15 is 0 Å². The number of nitrogens with zero attached hydrogens (tertiary/aromatic N) is 3. The first-order valence-corrected chi connectivity index (χ1v) is 9.87. The molecule has 0 aliphatic heterocycles. The minimum atomic E-state index is -4.88. The lowest BCUT2D eigenvalue weighted by Crippen LogP contribution is -2.13. The van der Waals surface area contributed by atoms with Gasteiger partial charge in [-0.1, -0.05) is 17.3 Å². The topological polar surface area (TPSA) is 54.0 Å². The number of aromatic nitrogens is 3. The summed E-state index contributed by atoms with van der Waals surface area (Å²) < 4.78 is 83.6. The van der Waals surface area contributed by atoms with Gasteiger partial charge in [0.15, 0.2) is 0 Å². The summed E-state index contributed by atoms with van der Waals surface area (Å²) in [7, 11) is 3.82. The average Bonchev–Trinajstić information content (AvgIpc) is 3.12. The second kappa shape index (κ2) is 9.82. The Balaban J connectivity index is 1.68. The maximum absolute atomic E-state index is 13.0. The van der Waals surface area contributed by atoms with Crippen molar-refractivity contribution < 1.29 is 31.1 Å². The van der Waals surface area contributed by atoms with Gasteiger partial charge in [0.25, 0.3) is 0 Å². The molecule has 1 heterocycles. The highest BCUT2D eigenvalue weighted by Crippen LogP contribution is 2.36. The van der Waals surface area contributed by atoms with Crippen LogP contribution in [0.3, 0.4) is 0 Å². The van der Waals surface area contributed by atoms with Crippen LogP contribution in [0.25, 0.3) is 0 Å². The first-order valence-electron chi connectivity index (χ1n) is 9.87. The summed E-state index contributed by atoms with van der Waals surface area (Å²) in [4.78, 5) is 1.96. The van der Waals surface area contributed by atoms with E-state index in [1.54, 1.807) is 12.1 Å². The van der Waals surface area contributed by atoms with E-state index in [1.165, 1.54) is 0 Å². The molecule has 0 saturated heterocycles. The van der Waals surface area contributed by atoms with Gasteiger partial charge in [-0.05, 0) is 49.5 Å². The largest absolute Gasteiger partial charge is 0.493 e. The minimum absolute atomic E-state index is 0.107. The van der Waals surface area contributed by atoms with Crippen molar-refractivity contribution >= 4 is 0 Å². The lowest BCUT2D eigenvalue weighted by atomic mass is 10.0. The highest BCUT2D eigenvalue weighted by Gasteiger charge is 2.36. The van der Waals surface area contributed by atoms with Crippen LogP contribution in [0, 0.1) is 6.07 Å². The number of alkyl halides is 6. The molecule has 3 aromatic rings. The number of aromatic amines is 1. The Morgan fingerprint density at radius 2 is 1.67 bits per heavy atom. The van der Waals surface area contributed by atoms with Crippen molar-refractivity contribution in [2.24, 2.45) is 0 Å². The van der Waals surface area contributed by atoms with E-state index in [0.29, 0.717) is 30.8 Å². The van der Waals surface area contributed by atoms with Crippen molar-refractivity contribution in [2.45, 2.75) is 31.7 Å². The Morgan fingerprint density at radius 1 is 1.00 bits per heavy atom. The van der Waals surface area contributed by atoms with Gasteiger partial charge in [0.1, 0.15) is 5.75 Å². The summed E-state index contributed by atoms with van der Waals surface area (Å²) in [5, 5.41) is 10.7. The fourth-order valence-corrected chi connectivity index (χ4v) is 3.16. The number of benzene rings is 2. The summed E-state index contributed by atoms with van der Waals surface area (Å²) in [6.07, 6.45) is -9.47. The molecule has 1 aromatic heterocycles. The lowest BCUT2D eigenvalue weighted by Gasteiger charge is -2.14. The van der Waals surface area contributed by atoms with E-state index in [4.69, 9.17) is 4.74 Å². The van der Waals surface area contributed by atoms with Gasteiger partial charge in [-0.25, -0.2) is 0 Å². The van der Waals surface area contributed by atoms with E-state index in [9.17, 15) is 26.3 Å². The molecule has 0 atom stereocenters. The van der Waals surface area contributed by atoms with Crippen molar-refractivity contribution in [3.8, 4) is 5.75 Å². The van der Waals surface area contributed by atoms with Crippen LogP contribution in [-0.4, -0.2) is 41.0 Å². The number of ether oxygens (including phenoxy) is 1. The van der Waals surface area contributed by atoms with E-state index in [1.807, 2.05) is 25.1 Å². The molecule has 5 nitrogen and oxygen atoms in total. The van der Waals surface area contributed by atoms with Crippen LogP contribution in [0.2, 0.25) is 0 Å². The normalized spacial score (nSPS) is 12.4. The summed E-state index contributed by atoms with van der Waals surface area (Å²) in [6.45, 7) is 0.504. The zero-order valence-electron chi connectivity index (χ0n) is 17.8. The van der Waals surface area contributed by atoms with Crippen LogP contribution in [0.5, 0.6) is 5.75 Å². The van der Waals surface area contributed by atoms with Crippen LogP contribution >= 0.6 is 0 Å². The predicted molar refractivity (Wildman–Crippen MR) is 108 cm³/mol. The molecule has 0 fully saturated rings. The monoisotopic (exact) mass is 471 g/mol. The zero-order chi connectivity index (χ0) is 24.2. The van der Waals surface area contributed by atoms with Crippen molar-refractivity contribution in [1.29, 1.82) is 0 Å². The van der Waals surface area contributed by atoms with Crippen LogP contribution < -0.4 is 4.74 Å². The van der Waals surface area contributed by atoms with Crippen LogP contribution in [-0.2, 0) is 31.7 Å². The van der Waals surface area contributed by atoms with Crippen molar-refractivity contribution in [3.05, 3.63) is 76.1 Å². The van der Waals surface area contributed by atoms with Gasteiger partial charge >= 0.3 is 12.4 Å². The highest BCUT2D eigenvalue weighted by atomic mass is 19.4. The van der Waals surface area contributed by atoms with Gasteiger partial charge < -0.3 is 9.64 Å². The quantitative estimate of drug-likeness (QED) is 0.474. The minimum Gasteiger partial charge on any atom is -0.493 e. The molecule has 0 amide bonds. The first kappa shape index (κ1) is 24.6. The Kier molecular flexibility index (Phi) is 7.31. The van der Waals surface area contributed by atoms with E-state index in [-0.39, 0.29) is 24.7 Å². The number of halogens is 6. The summed E-state index contributed by atoms with van der Waals surface area (Å²) in [5.41, 5.74) is -0.474. The zero-order valence-corrected chi connectivity index (χ0v) is 17.8. The second-order valence-corrected chi connectivity index (χ2v) is 7.70. The molecular formula is C22H21F6N4O. The third-order valence-electron chi connectivity index (χ3n) is 4.66. The molecule has 0 unspecified atom stereocenters. The molecule has 0 saturated carbocycles. The van der Waals surface area contributed by atoms with Gasteiger partial charge in [-0.15, -0.1) is 5.10 Å². The SMILES string of the molecule is CN(C)Cc1[nH]nnc1Cc1[c]c(OCCc2cc(C(F)(F)F)cc(C(F)(F)F)c2)ccc1. The first-order chi connectivity index (χ1) is 15.4. The standard InChI is InChI=1S/C22H21F6N4O/c1-32(2)13-20-19(29-31-30-20)11-14-4-3-5-18(10-14)33-7-6-15-8-16(21(23,24)25)12-17(9-15)22(26,27)28/h3-5,8-9,12H,6-7,11,13H2,1-2H3,(H,29,30,31). The Hall–Kier alpha value is -3.08. The fraction of sp³-hybridized carbons (Fsp3) is 0.364. The highest BCUT2D eigenvalue weighted by molar-refractivity contribution is 5.34. The fourth-order valence-electron chi connectivity index (χ4n) is 3.16. The molecule has 1 radical (unpaired) electrons. The third kappa shape index (κ3) is 6.95. The molecule has 177 valence electrons. The number of H-pyrrole nitrogens is 1. The molecule has 2 aromatic carbocycles. The summed E-state index contributed by atoms with van der Waals surface area (Å²) in [5.74, 6) is 0.327. The molecular weight excluding hydrogens is 450 g/mol. The van der Waals surface area contributed by atoms with Gasteiger partial charge in [-0.2, -0.15) is 26.3 Å². The number of hydrogen-bond donors (Lipinski definition) is 1. The number of rotatable bonds is 8. The van der Waals surface area contributed by atoms with E-state index in [0.717, 1.165) is 17.0 Å². The Morgan fingerprint density at radius 3 is 2.27 bits per heavy atom. The van der Waals surface area contributed by atoms with Crippen LogP contribution in [0.4, 0.5) is 26.3 Å². The Labute approximate surface area is 186 Å². The number of hydrogen-bond acceptors (Lipinski definition) is 4. The molecule has 0 aliphatic rings. The van der Waals surface area contributed by atoms with Gasteiger partial charge in [0.05, 0.1) is 29.1 Å². The van der Waals surface area contributed by atoms with Gasteiger partial charge in [0, 0.05) is 25.5 Å². The maximum atomic E-state index is 13.0. The maximum Gasteiger partial charge on any atom is 0.416 e. The summed E-state index contributed by atoms with van der Waals surface area (Å²) >= 11 is 0. The molecule has 0 bridgehead atoms. The van der Waals surface area contributed by atoms with Crippen molar-refractivity contribution in [3.63, 3.8) is 0 Å². The van der Waals surface area contributed by atoms with Crippen LogP contribution in [0.1, 0.15) is 33.6 Å². The second-order valence-electron chi connectivity index (χ2n) is 7.70. The number of nitrogens with one attached hydrogen (secondary N) is 1. The Bertz CT molecular complexity index is 1040. The van der Waals surface area contributed by atoms with E-state index in [2.05, 4.69) is 21.5 Å². The van der Waals surface area contributed by atoms with Gasteiger partial charge in [-0.3, -0.25) is 5.10 Å². The molecule has 11 heteroatoms. The molecule has 33 heavy (non-hydrogen) atoms. The lowest BCUT2D eigenvalue weighted by molar-refractivity contribution is -0.143. The third-order valence-corrected chi connectivity index (χ3v) is 4.66. The van der Waals surface area contributed by atoms with Gasteiger partial charge in [0.2, 0.25) is 0 Å². The smallest absolute Gasteiger partial charge is 0.416 e. The average molecular weight is 471 g/mol. The summed E-state index contributed by atoms with van der Waals surface area (Å²) in [6, 6.07) is 9.70. The van der Waals surface area contributed by atoms with Crippen LogP contribution in [0.15, 0.2) is 36.4 Å². The van der Waals surface area contributed by atoms with E-state index < -0.39 is 23.5 Å². The molecule has 0 aliphatic carbocycles. The molecule has 0 spiro atoms. The molecule has 3 rings (SSSR count). The van der Waals surface area contributed by atoms with Crippen molar-refractivity contribution in [1.82, 2.24) is 20.3 Å². The predicted octanol–water partition coefficient (Wildman–Crippen LogP) is 4.92. The molecule has 1 N–H and O–H groups in total. The van der Waals surface area contributed by atoms with Crippen molar-refractivity contribution in [2.75, 3.05) is 20.7 Å².